The van der Waals surface area contributed by atoms with Crippen LogP contribution in [-0.4, -0.2) is 43.9 Å². The monoisotopic (exact) mass is 266 g/mol. The highest BCUT2D eigenvalue weighted by Gasteiger charge is 2.29. The highest BCUT2D eigenvalue weighted by Crippen LogP contribution is 2.29. The largest absolute Gasteiger partial charge is 0.279 e. The Morgan fingerprint density at radius 2 is 1.94 bits per heavy atom. The number of nitrogens with zero attached hydrogens (tertiary/aromatic N) is 1. The molecule has 6 heteroatoms. The van der Waals surface area contributed by atoms with E-state index < -0.39 is 10.2 Å². The zero-order valence-corrected chi connectivity index (χ0v) is 11.9. The Bertz CT molecular complexity index is 302. The van der Waals surface area contributed by atoms with Crippen molar-refractivity contribution >= 4 is 22.0 Å². The molecule has 1 fully saturated rings. The first-order valence-corrected chi connectivity index (χ1v) is 8.27. The van der Waals surface area contributed by atoms with Crippen molar-refractivity contribution in [3.05, 3.63) is 0 Å². The first kappa shape index (κ1) is 14.3. The lowest BCUT2D eigenvalue weighted by atomic mass is 9.96. The molecule has 96 valence electrons. The van der Waals surface area contributed by atoms with Crippen molar-refractivity contribution < 1.29 is 8.42 Å². The Hall–Kier alpha value is 0.220. The molecule has 2 unspecified atom stereocenters. The maximum atomic E-state index is 11.8. The Labute approximate surface area is 103 Å². The maximum Gasteiger partial charge on any atom is 0.279 e. The lowest BCUT2D eigenvalue weighted by molar-refractivity contribution is 0.409. The van der Waals surface area contributed by atoms with Crippen molar-refractivity contribution in [3.63, 3.8) is 0 Å². The second kappa shape index (κ2) is 6.23. The van der Waals surface area contributed by atoms with E-state index in [9.17, 15) is 8.42 Å². The van der Waals surface area contributed by atoms with E-state index in [1.165, 1.54) is 10.7 Å². The van der Waals surface area contributed by atoms with Gasteiger partial charge in [0.05, 0.1) is 0 Å². The van der Waals surface area contributed by atoms with Crippen molar-refractivity contribution in [2.24, 2.45) is 0 Å². The number of rotatable bonds is 5. The van der Waals surface area contributed by atoms with E-state index in [1.54, 1.807) is 14.1 Å². The number of thioether (sulfide) groups is 1. The van der Waals surface area contributed by atoms with E-state index in [1.807, 2.05) is 11.8 Å². The van der Waals surface area contributed by atoms with Gasteiger partial charge in [-0.2, -0.15) is 29.2 Å². The summed E-state index contributed by atoms with van der Waals surface area (Å²) in [5.74, 6) is 1.05. The molecule has 0 amide bonds. The topological polar surface area (TPSA) is 49.4 Å². The molecule has 1 N–H and O–H groups in total. The molecule has 1 rings (SSSR count). The summed E-state index contributed by atoms with van der Waals surface area (Å²) >= 11 is 1.87. The molecule has 0 aromatic carbocycles. The molecule has 0 radical (unpaired) electrons. The van der Waals surface area contributed by atoms with Crippen LogP contribution >= 0.6 is 11.8 Å². The van der Waals surface area contributed by atoms with Crippen molar-refractivity contribution in [3.8, 4) is 0 Å². The molecule has 0 aliphatic heterocycles. The molecule has 2 atom stereocenters. The SMILES string of the molecule is CCSC1CCCCC1NS(=O)(=O)N(C)C. The average molecular weight is 266 g/mol. The molecule has 16 heavy (non-hydrogen) atoms. The van der Waals surface area contributed by atoms with Crippen LogP contribution in [0.3, 0.4) is 0 Å². The van der Waals surface area contributed by atoms with Gasteiger partial charge in [0.1, 0.15) is 0 Å². The quantitative estimate of drug-likeness (QED) is 0.819. The minimum absolute atomic E-state index is 0.103. The normalized spacial score (nSPS) is 27.2. The fourth-order valence-corrected chi connectivity index (χ4v) is 4.10. The molecular weight excluding hydrogens is 244 g/mol. The Morgan fingerprint density at radius 3 is 2.50 bits per heavy atom. The van der Waals surface area contributed by atoms with Crippen LogP contribution in [0.4, 0.5) is 0 Å². The number of nitrogens with one attached hydrogen (secondary N) is 1. The molecule has 0 heterocycles. The third-order valence-electron chi connectivity index (χ3n) is 2.86. The first-order chi connectivity index (χ1) is 7.47. The van der Waals surface area contributed by atoms with E-state index in [0.29, 0.717) is 5.25 Å². The lowest BCUT2D eigenvalue weighted by Crippen LogP contribution is -2.47. The van der Waals surface area contributed by atoms with Gasteiger partial charge in [-0.15, -0.1) is 0 Å². The predicted molar refractivity (Wildman–Crippen MR) is 69.9 cm³/mol. The highest BCUT2D eigenvalue weighted by atomic mass is 32.2. The van der Waals surface area contributed by atoms with Gasteiger partial charge >= 0.3 is 0 Å². The number of hydrogen-bond acceptors (Lipinski definition) is 3. The molecule has 1 saturated carbocycles. The molecule has 0 aromatic rings. The fraction of sp³-hybridized carbons (Fsp3) is 1.00. The fourth-order valence-electron chi connectivity index (χ4n) is 1.94. The second-order valence-electron chi connectivity index (χ2n) is 4.29. The zero-order valence-electron chi connectivity index (χ0n) is 10.3. The van der Waals surface area contributed by atoms with Gasteiger partial charge in [0.15, 0.2) is 0 Å². The smallest absolute Gasteiger partial charge is 0.198 e. The minimum Gasteiger partial charge on any atom is -0.198 e. The van der Waals surface area contributed by atoms with Crippen molar-refractivity contribution in [1.82, 2.24) is 9.03 Å². The summed E-state index contributed by atoms with van der Waals surface area (Å²) in [6, 6.07) is 0.103. The van der Waals surface area contributed by atoms with Gasteiger partial charge in [-0.3, -0.25) is 0 Å². The van der Waals surface area contributed by atoms with Crippen molar-refractivity contribution in [1.29, 1.82) is 0 Å². The Balaban J connectivity index is 2.62. The molecule has 0 saturated heterocycles. The van der Waals surface area contributed by atoms with Crippen molar-refractivity contribution in [2.75, 3.05) is 19.8 Å². The van der Waals surface area contributed by atoms with E-state index in [2.05, 4.69) is 11.6 Å². The van der Waals surface area contributed by atoms with Gasteiger partial charge in [-0.25, -0.2) is 0 Å². The molecule has 4 nitrogen and oxygen atoms in total. The van der Waals surface area contributed by atoms with Crippen LogP contribution in [0.2, 0.25) is 0 Å². The summed E-state index contributed by atoms with van der Waals surface area (Å²) < 4.78 is 27.6. The molecule has 0 spiro atoms. The van der Waals surface area contributed by atoms with E-state index in [-0.39, 0.29) is 6.04 Å². The zero-order chi connectivity index (χ0) is 12.2. The molecule has 1 aliphatic carbocycles. The predicted octanol–water partition coefficient (Wildman–Crippen LogP) is 1.45. The highest BCUT2D eigenvalue weighted by molar-refractivity contribution is 8.00. The summed E-state index contributed by atoms with van der Waals surface area (Å²) in [4.78, 5) is 0. The average Bonchev–Trinajstić information content (AvgIpc) is 2.20. The van der Waals surface area contributed by atoms with E-state index >= 15 is 0 Å². The van der Waals surface area contributed by atoms with E-state index in [0.717, 1.165) is 25.0 Å². The number of hydrogen-bond donors (Lipinski definition) is 1. The Morgan fingerprint density at radius 1 is 1.31 bits per heavy atom. The summed E-state index contributed by atoms with van der Waals surface area (Å²) in [6.45, 7) is 2.12. The van der Waals surface area contributed by atoms with Gasteiger partial charge in [0.2, 0.25) is 0 Å². The molecule has 1 aliphatic rings. The van der Waals surface area contributed by atoms with Crippen LogP contribution in [0, 0.1) is 0 Å². The molecule has 0 bridgehead atoms. The van der Waals surface area contributed by atoms with Gasteiger partial charge in [-0.1, -0.05) is 19.8 Å². The second-order valence-corrected chi connectivity index (χ2v) is 7.72. The summed E-state index contributed by atoms with van der Waals surface area (Å²) in [6.07, 6.45) is 4.43. The van der Waals surface area contributed by atoms with Gasteiger partial charge in [0, 0.05) is 25.4 Å². The van der Waals surface area contributed by atoms with Crippen LogP contribution in [-0.2, 0) is 10.2 Å². The Kier molecular flexibility index (Phi) is 5.56. The molecule has 0 aromatic heterocycles. The van der Waals surface area contributed by atoms with Crippen LogP contribution in [0.1, 0.15) is 32.6 Å². The molecular formula is C10H22N2O2S2. The minimum atomic E-state index is -3.28. The van der Waals surface area contributed by atoms with Gasteiger partial charge < -0.3 is 0 Å². The summed E-state index contributed by atoms with van der Waals surface area (Å²) in [7, 11) is -0.154. The lowest BCUT2D eigenvalue weighted by Gasteiger charge is -2.32. The third kappa shape index (κ3) is 3.91. The maximum absolute atomic E-state index is 11.8. The van der Waals surface area contributed by atoms with Crippen LogP contribution in [0.5, 0.6) is 0 Å². The van der Waals surface area contributed by atoms with Crippen molar-refractivity contribution in [2.45, 2.75) is 43.9 Å². The summed E-state index contributed by atoms with van der Waals surface area (Å²) in [5, 5.41) is 0.438. The standard InChI is InChI=1S/C10H22N2O2S2/c1-4-15-10-8-6-5-7-9(10)11-16(13,14)12(2)3/h9-11H,4-8H2,1-3H3. The van der Waals surface area contributed by atoms with Crippen LogP contribution in [0.15, 0.2) is 0 Å². The van der Waals surface area contributed by atoms with E-state index in [4.69, 9.17) is 0 Å². The van der Waals surface area contributed by atoms with Gasteiger partial charge in [0.25, 0.3) is 10.2 Å². The van der Waals surface area contributed by atoms with Crippen LogP contribution < -0.4 is 4.72 Å². The summed E-state index contributed by atoms with van der Waals surface area (Å²) in [5.41, 5.74) is 0. The van der Waals surface area contributed by atoms with Crippen LogP contribution in [0.25, 0.3) is 0 Å². The third-order valence-corrected chi connectivity index (χ3v) is 5.75. The van der Waals surface area contributed by atoms with Gasteiger partial charge in [-0.05, 0) is 18.6 Å². The first-order valence-electron chi connectivity index (χ1n) is 5.78.